The van der Waals surface area contributed by atoms with Crippen LogP contribution in [-0.2, 0) is 23.7 Å². The van der Waals surface area contributed by atoms with Crippen molar-refractivity contribution in [2.75, 3.05) is 25.7 Å². The lowest BCUT2D eigenvalue weighted by Gasteiger charge is -2.42. The first-order chi connectivity index (χ1) is 13.3. The predicted octanol–water partition coefficient (Wildman–Crippen LogP) is 2.68. The van der Waals surface area contributed by atoms with Gasteiger partial charge in [0, 0.05) is 7.11 Å². The lowest BCUT2D eigenvalue weighted by Crippen LogP contribution is -2.56. The van der Waals surface area contributed by atoms with Crippen LogP contribution in [-0.4, -0.2) is 67.2 Å². The quantitative estimate of drug-likeness (QED) is 0.507. The summed E-state index contributed by atoms with van der Waals surface area (Å²) in [4.78, 5) is 23.8. The molecule has 28 heavy (non-hydrogen) atoms. The topological polar surface area (TPSA) is 89.7 Å². The number of rotatable bonds is 7. The standard InChI is InChI=1S/C20H31NO6S/c1-12(2)6-7-14-19(3,27-14)17-16(24-4)13(8-9-20(17)11-25-20)26-18(23)21-15(22)10-28-5/h6,13-14,16-17H,7-11H2,1-5H3,(H,21,22,23). The number of hydrogen-bond donors (Lipinski definition) is 1. The molecule has 0 aromatic carbocycles. The summed E-state index contributed by atoms with van der Waals surface area (Å²) >= 11 is 1.35. The monoisotopic (exact) mass is 413 g/mol. The van der Waals surface area contributed by atoms with Crippen molar-refractivity contribution in [3.05, 3.63) is 11.6 Å². The van der Waals surface area contributed by atoms with Gasteiger partial charge < -0.3 is 18.9 Å². The minimum atomic E-state index is -0.722. The maximum Gasteiger partial charge on any atom is 0.414 e. The van der Waals surface area contributed by atoms with E-state index in [0.29, 0.717) is 13.0 Å². The number of hydrogen-bond acceptors (Lipinski definition) is 7. The molecule has 2 heterocycles. The van der Waals surface area contributed by atoms with Gasteiger partial charge in [0.25, 0.3) is 0 Å². The Morgan fingerprint density at radius 3 is 2.64 bits per heavy atom. The second kappa shape index (κ2) is 8.34. The van der Waals surface area contributed by atoms with E-state index in [0.717, 1.165) is 12.8 Å². The molecule has 0 aromatic rings. The molecular weight excluding hydrogens is 382 g/mol. The number of alkyl carbamates (subject to hydrolysis) is 1. The van der Waals surface area contributed by atoms with Crippen LogP contribution in [0.2, 0.25) is 0 Å². The van der Waals surface area contributed by atoms with Crippen LogP contribution in [0.3, 0.4) is 0 Å². The average Bonchev–Trinajstić information content (AvgIpc) is 3.52. The third-order valence-electron chi connectivity index (χ3n) is 6.01. The number of imide groups is 1. The normalized spacial score (nSPS) is 38.6. The van der Waals surface area contributed by atoms with E-state index in [1.54, 1.807) is 13.4 Å². The molecule has 2 aliphatic heterocycles. The molecule has 1 aliphatic carbocycles. The minimum Gasteiger partial charge on any atom is -0.443 e. The molecular formula is C20H31NO6S. The molecule has 0 bridgehead atoms. The smallest absolute Gasteiger partial charge is 0.414 e. The Bertz CT molecular complexity index is 645. The maximum absolute atomic E-state index is 12.2. The number of ether oxygens (including phenoxy) is 4. The molecule has 1 spiro atoms. The van der Waals surface area contributed by atoms with Crippen molar-refractivity contribution in [3.63, 3.8) is 0 Å². The van der Waals surface area contributed by atoms with Crippen LogP contribution in [0.1, 0.15) is 40.0 Å². The second-order valence-electron chi connectivity index (χ2n) is 8.30. The van der Waals surface area contributed by atoms with Crippen LogP contribution in [0.15, 0.2) is 11.6 Å². The summed E-state index contributed by atoms with van der Waals surface area (Å²) < 4.78 is 23.4. The van der Waals surface area contributed by atoms with Crippen LogP contribution in [0.25, 0.3) is 0 Å². The minimum absolute atomic E-state index is 0.0333. The van der Waals surface area contributed by atoms with Gasteiger partial charge in [0.1, 0.15) is 23.4 Å². The Labute approximate surface area is 170 Å². The van der Waals surface area contributed by atoms with Gasteiger partial charge >= 0.3 is 6.09 Å². The fourth-order valence-electron chi connectivity index (χ4n) is 4.52. The number of nitrogens with one attached hydrogen (secondary N) is 1. The molecule has 6 atom stereocenters. The van der Waals surface area contributed by atoms with E-state index < -0.39 is 12.2 Å². The van der Waals surface area contributed by atoms with Crippen molar-refractivity contribution in [2.24, 2.45) is 5.92 Å². The van der Waals surface area contributed by atoms with Gasteiger partial charge in [0.05, 0.1) is 24.4 Å². The molecule has 2 saturated heterocycles. The zero-order chi connectivity index (χ0) is 20.5. The Hall–Kier alpha value is -1.09. The first kappa shape index (κ1) is 21.6. The largest absolute Gasteiger partial charge is 0.443 e. The van der Waals surface area contributed by atoms with Gasteiger partial charge in [-0.15, -0.1) is 0 Å². The van der Waals surface area contributed by atoms with Crippen molar-refractivity contribution < 1.29 is 28.5 Å². The summed E-state index contributed by atoms with van der Waals surface area (Å²) in [5, 5.41) is 2.27. The number of thioether (sulfide) groups is 1. The summed E-state index contributed by atoms with van der Waals surface area (Å²) in [5.41, 5.74) is 0.617. The zero-order valence-electron chi connectivity index (χ0n) is 17.3. The molecule has 6 unspecified atom stereocenters. The zero-order valence-corrected chi connectivity index (χ0v) is 18.1. The number of carbonyl (C=O) groups is 2. The highest BCUT2D eigenvalue weighted by molar-refractivity contribution is 7.99. The van der Waals surface area contributed by atoms with Crippen molar-refractivity contribution in [3.8, 4) is 0 Å². The summed E-state index contributed by atoms with van der Waals surface area (Å²) in [6.45, 7) is 6.92. The molecule has 3 aliphatic rings. The van der Waals surface area contributed by atoms with E-state index >= 15 is 0 Å². The van der Waals surface area contributed by atoms with Crippen LogP contribution < -0.4 is 5.32 Å². The first-order valence-electron chi connectivity index (χ1n) is 9.73. The Morgan fingerprint density at radius 2 is 2.07 bits per heavy atom. The highest BCUT2D eigenvalue weighted by atomic mass is 32.2. The number of carbonyl (C=O) groups excluding carboxylic acids is 2. The SMILES string of the molecule is COC1C(OC(=O)NC(=O)CSC)CCC2(CO2)C1C1(C)OC1CC=C(C)C. The molecule has 0 aromatic heterocycles. The highest BCUT2D eigenvalue weighted by Gasteiger charge is 2.72. The third-order valence-corrected chi connectivity index (χ3v) is 6.56. The van der Waals surface area contributed by atoms with Crippen molar-refractivity contribution in [1.29, 1.82) is 0 Å². The maximum atomic E-state index is 12.2. The number of allylic oxidation sites excluding steroid dienone is 1. The fourth-order valence-corrected chi connectivity index (χ4v) is 4.85. The molecule has 7 nitrogen and oxygen atoms in total. The van der Waals surface area contributed by atoms with E-state index in [-0.39, 0.29) is 41.0 Å². The molecule has 0 radical (unpaired) electrons. The Morgan fingerprint density at radius 1 is 1.36 bits per heavy atom. The van der Waals surface area contributed by atoms with Gasteiger partial charge in [-0.2, -0.15) is 11.8 Å². The van der Waals surface area contributed by atoms with Gasteiger partial charge in [-0.3, -0.25) is 10.1 Å². The van der Waals surface area contributed by atoms with E-state index in [1.807, 2.05) is 0 Å². The number of amides is 2. The highest BCUT2D eigenvalue weighted by Crippen LogP contribution is 2.59. The van der Waals surface area contributed by atoms with E-state index in [4.69, 9.17) is 18.9 Å². The van der Waals surface area contributed by atoms with Crippen molar-refractivity contribution >= 4 is 23.8 Å². The van der Waals surface area contributed by atoms with Crippen LogP contribution in [0.5, 0.6) is 0 Å². The molecule has 3 fully saturated rings. The summed E-state index contributed by atoms with van der Waals surface area (Å²) in [6.07, 6.45) is 4.82. The first-order valence-corrected chi connectivity index (χ1v) is 11.1. The van der Waals surface area contributed by atoms with Crippen LogP contribution in [0, 0.1) is 5.92 Å². The third kappa shape index (κ3) is 4.40. The van der Waals surface area contributed by atoms with Crippen LogP contribution >= 0.6 is 11.8 Å². The van der Waals surface area contributed by atoms with Gasteiger partial charge in [-0.05, 0) is 46.3 Å². The fraction of sp³-hybridized carbons (Fsp3) is 0.800. The van der Waals surface area contributed by atoms with Gasteiger partial charge in [-0.25, -0.2) is 4.79 Å². The molecule has 158 valence electrons. The average molecular weight is 414 g/mol. The van der Waals surface area contributed by atoms with Gasteiger partial charge in [0.15, 0.2) is 0 Å². The number of methoxy groups -OCH3 is 1. The van der Waals surface area contributed by atoms with Crippen molar-refractivity contribution in [1.82, 2.24) is 5.32 Å². The lowest BCUT2D eigenvalue weighted by atomic mass is 9.68. The molecule has 1 N–H and O–H groups in total. The predicted molar refractivity (Wildman–Crippen MR) is 106 cm³/mol. The lowest BCUT2D eigenvalue weighted by molar-refractivity contribution is -0.124. The van der Waals surface area contributed by atoms with E-state index in [1.165, 1.54) is 17.3 Å². The Kier molecular flexibility index (Phi) is 6.44. The summed E-state index contributed by atoms with van der Waals surface area (Å²) in [5.74, 6) is -0.181. The summed E-state index contributed by atoms with van der Waals surface area (Å²) in [7, 11) is 1.63. The Balaban J connectivity index is 1.70. The molecule has 1 saturated carbocycles. The van der Waals surface area contributed by atoms with E-state index in [2.05, 4.69) is 32.2 Å². The summed E-state index contributed by atoms with van der Waals surface area (Å²) in [6, 6.07) is 0. The van der Waals surface area contributed by atoms with Crippen LogP contribution in [0.4, 0.5) is 4.79 Å². The number of epoxide rings is 2. The van der Waals surface area contributed by atoms with Gasteiger partial charge in [-0.1, -0.05) is 11.6 Å². The van der Waals surface area contributed by atoms with Crippen molar-refractivity contribution in [2.45, 2.75) is 69.5 Å². The van der Waals surface area contributed by atoms with E-state index in [9.17, 15) is 9.59 Å². The second-order valence-corrected chi connectivity index (χ2v) is 9.17. The molecule has 8 heteroatoms. The molecule has 2 amide bonds. The molecule has 3 rings (SSSR count). The van der Waals surface area contributed by atoms with Gasteiger partial charge in [0.2, 0.25) is 5.91 Å².